The summed E-state index contributed by atoms with van der Waals surface area (Å²) in [5.74, 6) is -0.0351. The van der Waals surface area contributed by atoms with Gasteiger partial charge in [-0.25, -0.2) is 4.98 Å². The summed E-state index contributed by atoms with van der Waals surface area (Å²) in [5, 5.41) is 8.05. The van der Waals surface area contributed by atoms with Gasteiger partial charge in [0.2, 0.25) is 0 Å². The Labute approximate surface area is 163 Å². The van der Waals surface area contributed by atoms with Crippen molar-refractivity contribution in [3.63, 3.8) is 0 Å². The molecule has 0 spiro atoms. The summed E-state index contributed by atoms with van der Waals surface area (Å²) in [6.07, 6.45) is 0.937. The molecule has 1 aliphatic rings. The lowest BCUT2D eigenvalue weighted by atomic mass is 10.0. The first kappa shape index (κ1) is 18.1. The summed E-state index contributed by atoms with van der Waals surface area (Å²) in [6.45, 7) is 5.23. The van der Waals surface area contributed by atoms with E-state index in [1.165, 1.54) is 0 Å². The summed E-state index contributed by atoms with van der Waals surface area (Å²) in [4.78, 5) is 20.0. The number of carbonyl (C=O) groups excluding carboxylic acids is 1. The lowest BCUT2D eigenvalue weighted by Crippen LogP contribution is -2.38. The molecular formula is C21H23N3O2S. The average Bonchev–Trinajstić information content (AvgIpc) is 3.26. The number of benzene rings is 1. The van der Waals surface area contributed by atoms with Crippen molar-refractivity contribution in [1.29, 1.82) is 0 Å². The summed E-state index contributed by atoms with van der Waals surface area (Å²) >= 11 is 1.63. The standard InChI is InChI=1S/C21H23N3O2S/c25-21(22-7-3-8-24-9-11-26-12-10-24)18-14-20(16-6-13-27-15-16)23-19-5-2-1-4-17(18)19/h1-2,4-6,13-15H,3,7-12H2,(H,22,25). The maximum atomic E-state index is 12.9. The number of thiophene rings is 1. The van der Waals surface area contributed by atoms with Crippen molar-refractivity contribution in [2.75, 3.05) is 39.4 Å². The molecule has 0 atom stereocenters. The molecule has 27 heavy (non-hydrogen) atoms. The summed E-state index contributed by atoms with van der Waals surface area (Å²) in [6, 6.07) is 11.8. The van der Waals surface area contributed by atoms with Gasteiger partial charge in [0.1, 0.15) is 0 Å². The zero-order valence-electron chi connectivity index (χ0n) is 15.2. The molecule has 1 amide bonds. The van der Waals surface area contributed by atoms with E-state index in [9.17, 15) is 4.79 Å². The number of fused-ring (bicyclic) bond motifs is 1. The Morgan fingerprint density at radius 3 is 2.89 bits per heavy atom. The van der Waals surface area contributed by atoms with Gasteiger partial charge in [-0.05, 0) is 36.5 Å². The van der Waals surface area contributed by atoms with Crippen molar-refractivity contribution in [3.8, 4) is 11.3 Å². The number of pyridine rings is 1. The SMILES string of the molecule is O=C(NCCCN1CCOCC1)c1cc(-c2ccsc2)nc2ccccc12. The molecule has 6 heteroatoms. The Bertz CT molecular complexity index is 905. The number of aromatic nitrogens is 1. The zero-order valence-corrected chi connectivity index (χ0v) is 16.0. The largest absolute Gasteiger partial charge is 0.379 e. The third-order valence-electron chi connectivity index (χ3n) is 4.82. The van der Waals surface area contributed by atoms with Crippen LogP contribution in [-0.2, 0) is 4.74 Å². The van der Waals surface area contributed by atoms with E-state index in [1.807, 2.05) is 41.8 Å². The van der Waals surface area contributed by atoms with Gasteiger partial charge in [0.15, 0.2) is 0 Å². The Kier molecular flexibility index (Phi) is 5.77. The number of hydrogen-bond donors (Lipinski definition) is 1. The maximum Gasteiger partial charge on any atom is 0.252 e. The molecule has 2 aromatic heterocycles. The first-order chi connectivity index (χ1) is 13.3. The van der Waals surface area contributed by atoms with Crippen molar-refractivity contribution in [2.24, 2.45) is 0 Å². The summed E-state index contributed by atoms with van der Waals surface area (Å²) < 4.78 is 5.37. The van der Waals surface area contributed by atoms with E-state index in [2.05, 4.69) is 15.6 Å². The quantitative estimate of drug-likeness (QED) is 0.665. The number of rotatable bonds is 6. The van der Waals surface area contributed by atoms with Gasteiger partial charge in [0.05, 0.1) is 30.0 Å². The average molecular weight is 382 g/mol. The Morgan fingerprint density at radius 2 is 2.07 bits per heavy atom. The lowest BCUT2D eigenvalue weighted by Gasteiger charge is -2.26. The molecule has 0 aliphatic carbocycles. The maximum absolute atomic E-state index is 12.9. The van der Waals surface area contributed by atoms with Crippen LogP contribution in [0.2, 0.25) is 0 Å². The first-order valence-corrected chi connectivity index (χ1v) is 10.3. The van der Waals surface area contributed by atoms with Gasteiger partial charge < -0.3 is 10.1 Å². The van der Waals surface area contributed by atoms with Gasteiger partial charge in [-0.15, -0.1) is 0 Å². The Hall–Kier alpha value is -2.28. The monoisotopic (exact) mass is 381 g/mol. The molecule has 0 unspecified atom stereocenters. The number of carbonyl (C=O) groups is 1. The predicted molar refractivity (Wildman–Crippen MR) is 109 cm³/mol. The van der Waals surface area contributed by atoms with E-state index in [0.29, 0.717) is 12.1 Å². The van der Waals surface area contributed by atoms with E-state index in [0.717, 1.165) is 61.4 Å². The lowest BCUT2D eigenvalue weighted by molar-refractivity contribution is 0.0374. The fourth-order valence-corrected chi connectivity index (χ4v) is 4.00. The topological polar surface area (TPSA) is 54.5 Å². The van der Waals surface area contributed by atoms with E-state index in [1.54, 1.807) is 11.3 Å². The number of hydrogen-bond acceptors (Lipinski definition) is 5. The van der Waals surface area contributed by atoms with Crippen LogP contribution in [0.5, 0.6) is 0 Å². The molecular weight excluding hydrogens is 358 g/mol. The van der Waals surface area contributed by atoms with Crippen molar-refractivity contribution >= 4 is 28.1 Å². The molecule has 0 saturated carbocycles. The Morgan fingerprint density at radius 1 is 1.22 bits per heavy atom. The molecule has 1 aliphatic heterocycles. The molecule has 140 valence electrons. The number of para-hydroxylation sites is 1. The molecule has 3 heterocycles. The van der Waals surface area contributed by atoms with E-state index in [4.69, 9.17) is 9.72 Å². The second-order valence-corrected chi connectivity index (χ2v) is 7.43. The normalized spacial score (nSPS) is 15.1. The van der Waals surface area contributed by atoms with Gasteiger partial charge in [0.25, 0.3) is 5.91 Å². The minimum atomic E-state index is -0.0351. The van der Waals surface area contributed by atoms with E-state index in [-0.39, 0.29) is 5.91 Å². The second-order valence-electron chi connectivity index (χ2n) is 6.65. The van der Waals surface area contributed by atoms with Crippen LogP contribution < -0.4 is 5.32 Å². The van der Waals surface area contributed by atoms with Gasteiger partial charge in [-0.1, -0.05) is 18.2 Å². The minimum absolute atomic E-state index is 0.0351. The molecule has 3 aromatic rings. The highest BCUT2D eigenvalue weighted by Crippen LogP contribution is 2.26. The highest BCUT2D eigenvalue weighted by molar-refractivity contribution is 7.08. The van der Waals surface area contributed by atoms with Crippen molar-refractivity contribution in [3.05, 3.63) is 52.7 Å². The van der Waals surface area contributed by atoms with Crippen LogP contribution in [0.1, 0.15) is 16.8 Å². The third-order valence-corrected chi connectivity index (χ3v) is 5.50. The van der Waals surface area contributed by atoms with Crippen molar-refractivity contribution in [1.82, 2.24) is 15.2 Å². The van der Waals surface area contributed by atoms with Gasteiger partial charge >= 0.3 is 0 Å². The Balaban J connectivity index is 1.47. The number of nitrogens with zero attached hydrogens (tertiary/aromatic N) is 2. The van der Waals surface area contributed by atoms with Crippen LogP contribution in [0.25, 0.3) is 22.2 Å². The van der Waals surface area contributed by atoms with Crippen LogP contribution >= 0.6 is 11.3 Å². The smallest absolute Gasteiger partial charge is 0.252 e. The second kappa shape index (κ2) is 8.61. The summed E-state index contributed by atoms with van der Waals surface area (Å²) in [7, 11) is 0. The number of ether oxygens (including phenoxy) is 1. The van der Waals surface area contributed by atoms with Crippen molar-refractivity contribution < 1.29 is 9.53 Å². The molecule has 1 saturated heterocycles. The molecule has 4 rings (SSSR count). The van der Waals surface area contributed by atoms with Crippen LogP contribution in [0.4, 0.5) is 0 Å². The van der Waals surface area contributed by atoms with E-state index < -0.39 is 0 Å². The molecule has 1 N–H and O–H groups in total. The van der Waals surface area contributed by atoms with Crippen LogP contribution in [0.3, 0.4) is 0 Å². The van der Waals surface area contributed by atoms with Crippen LogP contribution in [0, 0.1) is 0 Å². The minimum Gasteiger partial charge on any atom is -0.379 e. The van der Waals surface area contributed by atoms with Crippen molar-refractivity contribution in [2.45, 2.75) is 6.42 Å². The number of morpholine rings is 1. The third kappa shape index (κ3) is 4.35. The van der Waals surface area contributed by atoms with Crippen LogP contribution in [-0.4, -0.2) is 55.2 Å². The highest BCUT2D eigenvalue weighted by atomic mass is 32.1. The van der Waals surface area contributed by atoms with E-state index >= 15 is 0 Å². The molecule has 1 fully saturated rings. The summed E-state index contributed by atoms with van der Waals surface area (Å²) in [5.41, 5.74) is 3.42. The highest BCUT2D eigenvalue weighted by Gasteiger charge is 2.14. The fourth-order valence-electron chi connectivity index (χ4n) is 3.35. The molecule has 5 nitrogen and oxygen atoms in total. The molecule has 0 bridgehead atoms. The molecule has 1 aromatic carbocycles. The van der Waals surface area contributed by atoms with Crippen LogP contribution in [0.15, 0.2) is 47.2 Å². The predicted octanol–water partition coefficient (Wildman–Crippen LogP) is 3.42. The van der Waals surface area contributed by atoms with Gasteiger partial charge in [0, 0.05) is 36.0 Å². The molecule has 0 radical (unpaired) electrons. The first-order valence-electron chi connectivity index (χ1n) is 9.32. The van der Waals surface area contributed by atoms with Gasteiger partial charge in [-0.2, -0.15) is 11.3 Å². The van der Waals surface area contributed by atoms with Gasteiger partial charge in [-0.3, -0.25) is 9.69 Å². The fraction of sp³-hybridized carbons (Fsp3) is 0.333. The number of amides is 1. The zero-order chi connectivity index (χ0) is 18.5. The number of nitrogens with one attached hydrogen (secondary N) is 1.